The topological polar surface area (TPSA) is 65.0 Å². The van der Waals surface area contributed by atoms with E-state index in [0.29, 0.717) is 12.8 Å². The number of hydrogen-bond acceptors (Lipinski definition) is 5. The van der Waals surface area contributed by atoms with Crippen molar-refractivity contribution < 1.29 is 24.1 Å². The van der Waals surface area contributed by atoms with Crippen LogP contribution in [0.1, 0.15) is 46.5 Å². The largest absolute Gasteiger partial charge is 0.466 e. The molecule has 4 unspecified atom stereocenters. The van der Waals surface area contributed by atoms with Crippen molar-refractivity contribution in [3.8, 4) is 0 Å². The van der Waals surface area contributed by atoms with Crippen molar-refractivity contribution in [2.45, 2.75) is 71.1 Å². The van der Waals surface area contributed by atoms with E-state index in [4.69, 9.17) is 14.2 Å². The number of esters is 1. The number of carbonyl (C=O) groups is 1. The number of ether oxygens (including phenoxy) is 3. The third-order valence-electron chi connectivity index (χ3n) is 2.95. The van der Waals surface area contributed by atoms with Gasteiger partial charge in [-0.3, -0.25) is 4.79 Å². The van der Waals surface area contributed by atoms with Crippen molar-refractivity contribution >= 4 is 5.97 Å². The molecule has 0 bridgehead atoms. The molecule has 0 aromatic carbocycles. The molecule has 1 rings (SSSR count). The van der Waals surface area contributed by atoms with Crippen LogP contribution in [-0.4, -0.2) is 42.3 Å². The Bertz CT molecular complexity index is 256. The van der Waals surface area contributed by atoms with Crippen molar-refractivity contribution in [3.05, 3.63) is 0 Å². The van der Waals surface area contributed by atoms with Gasteiger partial charge in [0, 0.05) is 13.3 Å². The molecule has 5 heteroatoms. The molecular formula is C13H24O5. The molecule has 18 heavy (non-hydrogen) atoms. The van der Waals surface area contributed by atoms with Crippen molar-refractivity contribution in [2.24, 2.45) is 0 Å². The predicted molar refractivity (Wildman–Crippen MR) is 66.0 cm³/mol. The Labute approximate surface area is 108 Å². The molecule has 1 heterocycles. The van der Waals surface area contributed by atoms with Crippen LogP contribution in [-0.2, 0) is 19.0 Å². The quantitative estimate of drug-likeness (QED) is 0.735. The van der Waals surface area contributed by atoms with Gasteiger partial charge in [0.15, 0.2) is 6.29 Å². The molecule has 0 aliphatic carbocycles. The second-order valence-corrected chi connectivity index (χ2v) is 4.80. The maximum atomic E-state index is 10.6. The minimum Gasteiger partial charge on any atom is -0.466 e. The van der Waals surface area contributed by atoms with E-state index in [1.165, 1.54) is 6.92 Å². The van der Waals surface area contributed by atoms with E-state index in [9.17, 15) is 9.90 Å². The number of rotatable bonds is 6. The molecule has 1 aliphatic rings. The number of aliphatic hydroxyl groups excluding tert-OH is 1. The normalized spacial score (nSPS) is 29.9. The van der Waals surface area contributed by atoms with E-state index >= 15 is 0 Å². The summed E-state index contributed by atoms with van der Waals surface area (Å²) in [6.45, 7) is 5.65. The number of hydrogen-bond donors (Lipinski definition) is 1. The van der Waals surface area contributed by atoms with Gasteiger partial charge in [0.25, 0.3) is 0 Å². The highest BCUT2D eigenvalue weighted by molar-refractivity contribution is 5.65. The number of aliphatic hydroxyl groups is 1. The first-order chi connectivity index (χ1) is 8.51. The Hall–Kier alpha value is -0.650. The molecule has 0 radical (unpaired) electrons. The zero-order chi connectivity index (χ0) is 13.5. The van der Waals surface area contributed by atoms with Crippen molar-refractivity contribution in [1.29, 1.82) is 0 Å². The molecule has 0 saturated carbocycles. The van der Waals surface area contributed by atoms with Gasteiger partial charge in [0.2, 0.25) is 0 Å². The third-order valence-corrected chi connectivity index (χ3v) is 2.95. The van der Waals surface area contributed by atoms with Gasteiger partial charge in [0.05, 0.1) is 24.9 Å². The van der Waals surface area contributed by atoms with E-state index in [-0.39, 0.29) is 31.1 Å². The van der Waals surface area contributed by atoms with Crippen molar-refractivity contribution in [3.63, 3.8) is 0 Å². The summed E-state index contributed by atoms with van der Waals surface area (Å²) in [4.78, 5) is 10.6. The predicted octanol–water partition coefficient (Wildman–Crippen LogP) is 1.62. The first-order valence-electron chi connectivity index (χ1n) is 6.63. The van der Waals surface area contributed by atoms with Gasteiger partial charge in [-0.25, -0.2) is 0 Å². The first kappa shape index (κ1) is 15.4. The fraction of sp³-hybridized carbons (Fsp3) is 0.923. The lowest BCUT2D eigenvalue weighted by molar-refractivity contribution is -0.243. The van der Waals surface area contributed by atoms with Crippen LogP contribution in [0.2, 0.25) is 0 Å². The standard InChI is InChI=1S/C13H24O5/c1-4-13-17-9(2)7-12(18-13)8-11(15)5-6-16-10(3)14/h9,11-13,15H,4-8H2,1-3H3. The minimum absolute atomic E-state index is 0.0195. The lowest BCUT2D eigenvalue weighted by Crippen LogP contribution is -2.38. The summed E-state index contributed by atoms with van der Waals surface area (Å²) >= 11 is 0. The fourth-order valence-electron chi connectivity index (χ4n) is 2.09. The lowest BCUT2D eigenvalue weighted by Gasteiger charge is -2.34. The fourth-order valence-corrected chi connectivity index (χ4v) is 2.09. The summed E-state index contributed by atoms with van der Waals surface area (Å²) < 4.78 is 16.1. The minimum atomic E-state index is -0.503. The zero-order valence-corrected chi connectivity index (χ0v) is 11.4. The van der Waals surface area contributed by atoms with Gasteiger partial charge in [-0.05, 0) is 26.2 Å². The Morgan fingerprint density at radius 1 is 1.50 bits per heavy atom. The van der Waals surface area contributed by atoms with Crippen molar-refractivity contribution in [2.75, 3.05) is 6.61 Å². The van der Waals surface area contributed by atoms with Crippen LogP contribution in [0, 0.1) is 0 Å². The van der Waals surface area contributed by atoms with Crippen LogP contribution in [0.3, 0.4) is 0 Å². The lowest BCUT2D eigenvalue weighted by atomic mass is 10.0. The van der Waals surface area contributed by atoms with E-state index < -0.39 is 6.10 Å². The van der Waals surface area contributed by atoms with E-state index in [2.05, 4.69) is 0 Å². The Kier molecular flexibility index (Phi) is 6.60. The van der Waals surface area contributed by atoms with Crippen LogP contribution in [0.15, 0.2) is 0 Å². The van der Waals surface area contributed by atoms with Gasteiger partial charge in [0.1, 0.15) is 0 Å². The first-order valence-corrected chi connectivity index (χ1v) is 6.63. The molecule has 1 saturated heterocycles. The summed E-state index contributed by atoms with van der Waals surface area (Å²) in [7, 11) is 0. The molecule has 4 atom stereocenters. The van der Waals surface area contributed by atoms with Crippen LogP contribution >= 0.6 is 0 Å². The summed E-state index contributed by atoms with van der Waals surface area (Å²) in [6.07, 6.45) is 2.12. The van der Waals surface area contributed by atoms with Crippen LogP contribution in [0.25, 0.3) is 0 Å². The maximum absolute atomic E-state index is 10.6. The van der Waals surface area contributed by atoms with Crippen LogP contribution in [0.4, 0.5) is 0 Å². The van der Waals surface area contributed by atoms with Gasteiger partial charge in [-0.2, -0.15) is 0 Å². The summed E-state index contributed by atoms with van der Waals surface area (Å²) in [6, 6.07) is 0. The van der Waals surface area contributed by atoms with E-state index in [0.717, 1.165) is 12.8 Å². The highest BCUT2D eigenvalue weighted by Crippen LogP contribution is 2.23. The highest BCUT2D eigenvalue weighted by Gasteiger charge is 2.28. The SMILES string of the molecule is CCC1OC(C)CC(CC(O)CCOC(C)=O)O1. The molecule has 106 valence electrons. The molecule has 0 amide bonds. The summed E-state index contributed by atoms with van der Waals surface area (Å²) in [5, 5.41) is 9.85. The van der Waals surface area contributed by atoms with Gasteiger partial charge < -0.3 is 19.3 Å². The summed E-state index contributed by atoms with van der Waals surface area (Å²) in [5.41, 5.74) is 0. The van der Waals surface area contributed by atoms with Crippen molar-refractivity contribution in [1.82, 2.24) is 0 Å². The van der Waals surface area contributed by atoms with Gasteiger partial charge >= 0.3 is 5.97 Å². The maximum Gasteiger partial charge on any atom is 0.302 e. The van der Waals surface area contributed by atoms with Crippen LogP contribution in [0.5, 0.6) is 0 Å². The van der Waals surface area contributed by atoms with E-state index in [1.54, 1.807) is 0 Å². The highest BCUT2D eigenvalue weighted by atomic mass is 16.7. The van der Waals surface area contributed by atoms with Gasteiger partial charge in [-0.15, -0.1) is 0 Å². The summed E-state index contributed by atoms with van der Waals surface area (Å²) in [5.74, 6) is -0.316. The molecule has 1 N–H and O–H groups in total. The molecule has 1 fully saturated rings. The molecule has 0 aromatic rings. The molecule has 0 aromatic heterocycles. The van der Waals surface area contributed by atoms with Crippen LogP contribution < -0.4 is 0 Å². The molecule has 5 nitrogen and oxygen atoms in total. The average Bonchev–Trinajstić information content (AvgIpc) is 2.27. The van der Waals surface area contributed by atoms with Gasteiger partial charge in [-0.1, -0.05) is 6.92 Å². The zero-order valence-electron chi connectivity index (χ0n) is 11.4. The Morgan fingerprint density at radius 2 is 2.22 bits per heavy atom. The second kappa shape index (κ2) is 7.71. The Balaban J connectivity index is 2.25. The number of carbonyl (C=O) groups excluding carboxylic acids is 1. The Morgan fingerprint density at radius 3 is 2.83 bits per heavy atom. The monoisotopic (exact) mass is 260 g/mol. The third kappa shape index (κ3) is 5.80. The second-order valence-electron chi connectivity index (χ2n) is 4.80. The molecular weight excluding hydrogens is 236 g/mol. The molecule has 0 spiro atoms. The smallest absolute Gasteiger partial charge is 0.302 e. The average molecular weight is 260 g/mol. The van der Waals surface area contributed by atoms with E-state index in [1.807, 2.05) is 13.8 Å². The molecule has 1 aliphatic heterocycles.